The number of likely N-dealkylation sites (tertiary alicyclic amines) is 2. The lowest BCUT2D eigenvalue weighted by atomic mass is 9.79. The summed E-state index contributed by atoms with van der Waals surface area (Å²) in [5.41, 5.74) is 3.27. The minimum absolute atomic E-state index is 0.527. The number of rotatable bonds is 5. The van der Waals surface area contributed by atoms with Crippen LogP contribution in [0.1, 0.15) is 17.5 Å². The molecule has 0 saturated carbocycles. The number of ether oxygens (including phenoxy) is 1. The van der Waals surface area contributed by atoms with Crippen LogP contribution in [0.5, 0.6) is 5.75 Å². The molecule has 19 heteroatoms. The lowest BCUT2D eigenvalue weighted by molar-refractivity contribution is -0.193. The van der Waals surface area contributed by atoms with Crippen LogP contribution in [0.25, 0.3) is 0 Å². The highest BCUT2D eigenvalue weighted by molar-refractivity contribution is 5.73. The Bertz CT molecular complexity index is 1180. The Labute approximate surface area is 249 Å². The smallest absolute Gasteiger partial charge is 0.490 e. The van der Waals surface area contributed by atoms with Gasteiger partial charge in [-0.3, -0.25) is 14.8 Å². The Morgan fingerprint density at radius 2 is 1.07 bits per heavy atom. The fourth-order valence-electron chi connectivity index (χ4n) is 4.17. The number of carbonyl (C=O) groups is 3. The van der Waals surface area contributed by atoms with E-state index in [1.807, 2.05) is 12.4 Å². The van der Waals surface area contributed by atoms with E-state index in [0.29, 0.717) is 5.41 Å². The van der Waals surface area contributed by atoms with Crippen LogP contribution in [0.4, 0.5) is 39.5 Å². The third kappa shape index (κ3) is 14.5. The number of pyridine rings is 1. The first-order chi connectivity index (χ1) is 20.6. The van der Waals surface area contributed by atoms with Gasteiger partial charge in [-0.05, 0) is 48.4 Å². The van der Waals surface area contributed by atoms with E-state index < -0.39 is 36.4 Å². The number of carboxylic acids is 3. The van der Waals surface area contributed by atoms with Crippen molar-refractivity contribution in [2.45, 2.75) is 38.0 Å². The molecule has 2 aromatic rings. The highest BCUT2D eigenvalue weighted by Gasteiger charge is 2.47. The third-order valence-electron chi connectivity index (χ3n) is 6.08. The monoisotopic (exact) mass is 665 g/mol. The predicted molar refractivity (Wildman–Crippen MR) is 136 cm³/mol. The molecule has 2 fully saturated rings. The standard InChI is InChI=1S/C20H25N3O.3C2HF3O2/c1-24-19-4-2-17(3-5-19)13-23-15-20(16-23)8-11-22(14-20)12-18-6-9-21-10-7-18;3*3-2(4,5)1(6)7/h2-7,9-10H,8,11-16H2,1H3;3*(H,6,7). The summed E-state index contributed by atoms with van der Waals surface area (Å²) in [4.78, 5) is 36.0. The third-order valence-corrected chi connectivity index (χ3v) is 6.08. The number of nitrogens with zero attached hydrogens (tertiary/aromatic N) is 3. The molecule has 3 N–H and O–H groups in total. The molecule has 1 aromatic heterocycles. The molecule has 3 heterocycles. The predicted octanol–water partition coefficient (Wildman–Crippen LogP) is 4.70. The molecule has 1 spiro atoms. The Hall–Kier alpha value is -4.13. The number of benzene rings is 1. The van der Waals surface area contributed by atoms with E-state index in [2.05, 4.69) is 51.2 Å². The number of aliphatic carboxylic acids is 3. The quantitative estimate of drug-likeness (QED) is 0.385. The number of halogens is 9. The fraction of sp³-hybridized carbons (Fsp3) is 0.462. The summed E-state index contributed by atoms with van der Waals surface area (Å²) in [5, 5.41) is 21.4. The van der Waals surface area contributed by atoms with Gasteiger partial charge in [-0.1, -0.05) is 12.1 Å². The fourth-order valence-corrected chi connectivity index (χ4v) is 4.17. The SMILES string of the molecule is COc1ccc(CN2CC3(CCN(Cc4ccncc4)C3)C2)cc1.O=C(O)C(F)(F)F.O=C(O)C(F)(F)F.O=C(O)C(F)(F)F. The number of aromatic nitrogens is 1. The van der Waals surface area contributed by atoms with Crippen LogP contribution in [0, 0.1) is 5.41 Å². The molecule has 0 atom stereocenters. The lowest BCUT2D eigenvalue weighted by Gasteiger charge is -2.48. The highest BCUT2D eigenvalue weighted by atomic mass is 19.4. The van der Waals surface area contributed by atoms with Gasteiger partial charge in [0.1, 0.15) is 5.75 Å². The molecule has 10 nitrogen and oxygen atoms in total. The number of methoxy groups -OCH3 is 1. The van der Waals surface area contributed by atoms with E-state index in [0.717, 1.165) is 18.8 Å². The Kier molecular flexibility index (Phi) is 14.1. The number of carboxylic acid groups (broad SMARTS) is 3. The first-order valence-corrected chi connectivity index (χ1v) is 12.4. The molecule has 4 rings (SSSR count). The van der Waals surface area contributed by atoms with E-state index >= 15 is 0 Å². The summed E-state index contributed by atoms with van der Waals surface area (Å²) < 4.78 is 100. The largest absolute Gasteiger partial charge is 0.497 e. The van der Waals surface area contributed by atoms with Crippen molar-refractivity contribution < 1.29 is 74.0 Å². The molecule has 2 aliphatic heterocycles. The molecule has 45 heavy (non-hydrogen) atoms. The molecule has 2 aliphatic rings. The van der Waals surface area contributed by atoms with Gasteiger partial charge in [0.05, 0.1) is 7.11 Å². The molecule has 0 aliphatic carbocycles. The van der Waals surface area contributed by atoms with Crippen molar-refractivity contribution in [3.05, 3.63) is 59.9 Å². The summed E-state index contributed by atoms with van der Waals surface area (Å²) in [6, 6.07) is 12.7. The number of hydrogen-bond donors (Lipinski definition) is 3. The van der Waals surface area contributed by atoms with Gasteiger partial charge >= 0.3 is 36.4 Å². The van der Waals surface area contributed by atoms with Crippen molar-refractivity contribution >= 4 is 17.9 Å². The van der Waals surface area contributed by atoms with Gasteiger partial charge in [-0.2, -0.15) is 39.5 Å². The molecule has 0 unspecified atom stereocenters. The molecule has 0 amide bonds. The Balaban J connectivity index is 0.000000396. The van der Waals surface area contributed by atoms with Gasteiger partial charge in [0.15, 0.2) is 0 Å². The summed E-state index contributed by atoms with van der Waals surface area (Å²) >= 11 is 0. The molecule has 0 radical (unpaired) electrons. The van der Waals surface area contributed by atoms with Crippen molar-refractivity contribution in [1.29, 1.82) is 0 Å². The minimum atomic E-state index is -5.08. The summed E-state index contributed by atoms with van der Waals surface area (Å²) in [5.74, 6) is -7.34. The van der Waals surface area contributed by atoms with Crippen molar-refractivity contribution in [2.75, 3.05) is 33.3 Å². The maximum absolute atomic E-state index is 10.6. The summed E-state index contributed by atoms with van der Waals surface area (Å²) in [7, 11) is 1.71. The van der Waals surface area contributed by atoms with Crippen LogP contribution in [0.2, 0.25) is 0 Å². The average Bonchev–Trinajstić information content (AvgIpc) is 3.33. The second kappa shape index (κ2) is 16.3. The van der Waals surface area contributed by atoms with Crippen molar-refractivity contribution in [2.24, 2.45) is 5.41 Å². The van der Waals surface area contributed by atoms with E-state index in [1.165, 1.54) is 43.7 Å². The normalized spacial score (nSPS) is 16.0. The van der Waals surface area contributed by atoms with Gasteiger partial charge in [-0.25, -0.2) is 14.4 Å². The van der Waals surface area contributed by atoms with Gasteiger partial charge in [0.2, 0.25) is 0 Å². The van der Waals surface area contributed by atoms with Crippen molar-refractivity contribution in [3.8, 4) is 5.75 Å². The van der Waals surface area contributed by atoms with E-state index in [1.54, 1.807) is 7.11 Å². The zero-order chi connectivity index (χ0) is 34.6. The minimum Gasteiger partial charge on any atom is -0.497 e. The van der Waals surface area contributed by atoms with Crippen molar-refractivity contribution in [3.63, 3.8) is 0 Å². The van der Waals surface area contributed by atoms with Crippen LogP contribution < -0.4 is 4.74 Å². The maximum Gasteiger partial charge on any atom is 0.490 e. The summed E-state index contributed by atoms with van der Waals surface area (Å²) in [6.07, 6.45) is -10.1. The van der Waals surface area contributed by atoms with Crippen LogP contribution in [0.3, 0.4) is 0 Å². The first kappa shape index (κ1) is 38.9. The van der Waals surface area contributed by atoms with Gasteiger partial charge in [0, 0.05) is 50.5 Å². The zero-order valence-corrected chi connectivity index (χ0v) is 23.3. The molecule has 2 saturated heterocycles. The highest BCUT2D eigenvalue weighted by Crippen LogP contribution is 2.40. The molecular weight excluding hydrogens is 637 g/mol. The second-order valence-corrected chi connectivity index (χ2v) is 9.72. The van der Waals surface area contributed by atoms with E-state index in [9.17, 15) is 39.5 Å². The van der Waals surface area contributed by atoms with Gasteiger partial charge in [-0.15, -0.1) is 0 Å². The van der Waals surface area contributed by atoms with Gasteiger partial charge < -0.3 is 20.1 Å². The second-order valence-electron chi connectivity index (χ2n) is 9.72. The van der Waals surface area contributed by atoms with Crippen LogP contribution >= 0.6 is 0 Å². The Morgan fingerprint density at radius 1 is 0.711 bits per heavy atom. The van der Waals surface area contributed by atoms with Crippen LogP contribution in [-0.4, -0.2) is 99.8 Å². The molecular formula is C26H28F9N3O7. The van der Waals surface area contributed by atoms with Crippen LogP contribution in [-0.2, 0) is 27.5 Å². The molecule has 0 bridgehead atoms. The maximum atomic E-state index is 10.6. The number of hydrogen-bond acceptors (Lipinski definition) is 7. The first-order valence-electron chi connectivity index (χ1n) is 12.4. The number of alkyl halides is 9. The molecule has 252 valence electrons. The zero-order valence-electron chi connectivity index (χ0n) is 23.3. The lowest BCUT2D eigenvalue weighted by Crippen LogP contribution is -2.56. The Morgan fingerprint density at radius 3 is 1.44 bits per heavy atom. The van der Waals surface area contributed by atoms with E-state index in [4.69, 9.17) is 34.4 Å². The van der Waals surface area contributed by atoms with Gasteiger partial charge in [0.25, 0.3) is 0 Å². The van der Waals surface area contributed by atoms with Crippen LogP contribution in [0.15, 0.2) is 48.8 Å². The molecule has 1 aromatic carbocycles. The topological polar surface area (TPSA) is 140 Å². The summed E-state index contributed by atoms with van der Waals surface area (Å²) in [6.45, 7) is 7.02. The average molecular weight is 666 g/mol. The van der Waals surface area contributed by atoms with Crippen molar-refractivity contribution in [1.82, 2.24) is 14.8 Å². The van der Waals surface area contributed by atoms with E-state index in [-0.39, 0.29) is 0 Å².